The average molecular weight is 160 g/mol. The zero-order valence-electron chi connectivity index (χ0n) is 8.13. The van der Waals surface area contributed by atoms with Crippen LogP contribution in [0.5, 0.6) is 0 Å². The van der Waals surface area contributed by atoms with Crippen LogP contribution in [0, 0.1) is 0 Å². The lowest BCUT2D eigenvalue weighted by molar-refractivity contribution is 0.181. The fourth-order valence-corrected chi connectivity index (χ4v) is 0.906. The molecule has 0 N–H and O–H groups in total. The molecule has 0 aromatic heterocycles. The molecular formula is C8H20N2O. The summed E-state index contributed by atoms with van der Waals surface area (Å²) in [6, 6.07) is 0. The number of piperazine rings is 1. The summed E-state index contributed by atoms with van der Waals surface area (Å²) < 4.78 is 4.25. The lowest BCUT2D eigenvalue weighted by atomic mass is 10.4. The van der Waals surface area contributed by atoms with Crippen molar-refractivity contribution in [2.75, 3.05) is 54.5 Å². The van der Waals surface area contributed by atoms with Gasteiger partial charge >= 0.3 is 0 Å². The Morgan fingerprint density at radius 1 is 0.818 bits per heavy atom. The van der Waals surface area contributed by atoms with Crippen LogP contribution in [0.2, 0.25) is 0 Å². The molecule has 0 aromatic carbocycles. The quantitative estimate of drug-likeness (QED) is 0.501. The molecule has 0 amide bonds. The van der Waals surface area contributed by atoms with E-state index in [4.69, 9.17) is 0 Å². The summed E-state index contributed by atoms with van der Waals surface area (Å²) in [5, 5.41) is 0. The Hall–Kier alpha value is -0.120. The predicted molar refractivity (Wildman–Crippen MR) is 47.9 cm³/mol. The summed E-state index contributed by atoms with van der Waals surface area (Å²) >= 11 is 0. The van der Waals surface area contributed by atoms with Crippen LogP contribution >= 0.6 is 0 Å². The fraction of sp³-hybridized carbons (Fsp3) is 1.00. The highest BCUT2D eigenvalue weighted by Gasteiger charge is 2.07. The van der Waals surface area contributed by atoms with E-state index in [1.807, 2.05) is 0 Å². The van der Waals surface area contributed by atoms with Crippen LogP contribution < -0.4 is 0 Å². The van der Waals surface area contributed by atoms with E-state index < -0.39 is 0 Å². The van der Waals surface area contributed by atoms with Gasteiger partial charge in [0.1, 0.15) is 0 Å². The van der Waals surface area contributed by atoms with Crippen molar-refractivity contribution in [3.05, 3.63) is 0 Å². The molecule has 0 aromatic rings. The van der Waals surface area contributed by atoms with E-state index in [0.29, 0.717) is 0 Å². The van der Waals surface area contributed by atoms with Crippen molar-refractivity contribution in [2.45, 2.75) is 0 Å². The number of hydrogen-bond acceptors (Lipinski definition) is 3. The molecule has 1 aliphatic heterocycles. The van der Waals surface area contributed by atoms with Crippen LogP contribution in [0.1, 0.15) is 0 Å². The predicted octanol–water partition coefficient (Wildman–Crippen LogP) is 0.126. The van der Waals surface area contributed by atoms with Crippen molar-refractivity contribution < 1.29 is 4.74 Å². The van der Waals surface area contributed by atoms with Gasteiger partial charge in [0, 0.05) is 40.4 Å². The molecule has 1 aliphatic rings. The second kappa shape index (κ2) is 6.58. The molecule has 0 atom stereocenters. The van der Waals surface area contributed by atoms with Crippen molar-refractivity contribution in [2.24, 2.45) is 0 Å². The van der Waals surface area contributed by atoms with Gasteiger partial charge in [0.15, 0.2) is 0 Å². The summed E-state index contributed by atoms with van der Waals surface area (Å²) in [5.74, 6) is 0. The zero-order valence-corrected chi connectivity index (χ0v) is 8.13. The first-order valence-corrected chi connectivity index (χ1v) is 3.98. The van der Waals surface area contributed by atoms with Gasteiger partial charge in [-0.1, -0.05) is 0 Å². The lowest BCUT2D eigenvalue weighted by Gasteiger charge is -2.28. The Kier molecular flexibility index (Phi) is 6.51. The van der Waals surface area contributed by atoms with Crippen LogP contribution in [0.3, 0.4) is 0 Å². The molecule has 0 radical (unpaired) electrons. The summed E-state index contributed by atoms with van der Waals surface area (Å²) in [7, 11) is 7.60. The fourth-order valence-electron chi connectivity index (χ4n) is 0.906. The highest BCUT2D eigenvalue weighted by Crippen LogP contribution is 1.93. The van der Waals surface area contributed by atoms with Gasteiger partial charge in [-0.2, -0.15) is 0 Å². The van der Waals surface area contributed by atoms with E-state index in [9.17, 15) is 0 Å². The maximum atomic E-state index is 4.25. The molecule has 3 heteroatoms. The molecule has 68 valence electrons. The van der Waals surface area contributed by atoms with Crippen LogP contribution in [-0.2, 0) is 4.74 Å². The number of likely N-dealkylation sites (N-methyl/N-ethyl adjacent to an activating group) is 2. The van der Waals surface area contributed by atoms with E-state index >= 15 is 0 Å². The number of nitrogens with zero attached hydrogens (tertiary/aromatic N) is 2. The molecule has 1 saturated heterocycles. The van der Waals surface area contributed by atoms with Gasteiger partial charge in [-0.3, -0.25) is 0 Å². The molecule has 11 heavy (non-hydrogen) atoms. The average Bonchev–Trinajstić information content (AvgIpc) is 1.97. The Morgan fingerprint density at radius 2 is 1.00 bits per heavy atom. The molecule has 3 nitrogen and oxygen atoms in total. The van der Waals surface area contributed by atoms with Crippen molar-refractivity contribution >= 4 is 0 Å². The highest BCUT2D eigenvalue weighted by atomic mass is 16.4. The van der Waals surface area contributed by atoms with Crippen molar-refractivity contribution in [1.82, 2.24) is 9.80 Å². The summed E-state index contributed by atoms with van der Waals surface area (Å²) in [4.78, 5) is 4.72. The van der Waals surface area contributed by atoms with Crippen molar-refractivity contribution in [3.63, 3.8) is 0 Å². The van der Waals surface area contributed by atoms with Gasteiger partial charge in [-0.05, 0) is 14.1 Å². The van der Waals surface area contributed by atoms with Gasteiger partial charge < -0.3 is 14.5 Å². The maximum Gasteiger partial charge on any atom is 0.0351 e. The minimum atomic E-state index is 1.23. The Balaban J connectivity index is 0.000000292. The summed E-state index contributed by atoms with van der Waals surface area (Å²) in [6.07, 6.45) is 0. The Morgan fingerprint density at radius 3 is 1.18 bits per heavy atom. The molecule has 1 fully saturated rings. The van der Waals surface area contributed by atoms with E-state index in [1.165, 1.54) is 26.2 Å². The Bertz CT molecular complexity index is 70.2. The normalized spacial score (nSPS) is 20.7. The van der Waals surface area contributed by atoms with Gasteiger partial charge in [-0.15, -0.1) is 0 Å². The van der Waals surface area contributed by atoms with Crippen LogP contribution in [0.25, 0.3) is 0 Å². The second-order valence-electron chi connectivity index (χ2n) is 3.01. The summed E-state index contributed by atoms with van der Waals surface area (Å²) in [6.45, 7) is 4.93. The number of rotatable bonds is 0. The second-order valence-corrected chi connectivity index (χ2v) is 3.01. The number of hydrogen-bond donors (Lipinski definition) is 0. The number of ether oxygens (including phenoxy) is 1. The van der Waals surface area contributed by atoms with Gasteiger partial charge in [-0.25, -0.2) is 0 Å². The first-order chi connectivity index (χ1) is 5.20. The molecule has 0 bridgehead atoms. The smallest absolute Gasteiger partial charge is 0.0351 e. The van der Waals surface area contributed by atoms with E-state index in [-0.39, 0.29) is 0 Å². The molecule has 1 heterocycles. The van der Waals surface area contributed by atoms with Crippen LogP contribution in [0.15, 0.2) is 0 Å². The first-order valence-electron chi connectivity index (χ1n) is 3.98. The van der Waals surface area contributed by atoms with E-state index in [2.05, 4.69) is 28.6 Å². The van der Waals surface area contributed by atoms with E-state index in [0.717, 1.165) is 0 Å². The molecule has 1 rings (SSSR count). The van der Waals surface area contributed by atoms with Crippen molar-refractivity contribution in [3.8, 4) is 0 Å². The first kappa shape index (κ1) is 10.9. The van der Waals surface area contributed by atoms with Gasteiger partial charge in [0.05, 0.1) is 0 Å². The standard InChI is InChI=1S/C6H14N2.C2H6O/c1-7-3-5-8(2)6-4-7;1-3-2/h3-6H2,1-2H3;1-2H3. The topological polar surface area (TPSA) is 15.7 Å². The minimum absolute atomic E-state index is 1.23. The Labute approximate surface area is 69.9 Å². The van der Waals surface area contributed by atoms with Crippen LogP contribution in [0.4, 0.5) is 0 Å². The van der Waals surface area contributed by atoms with Gasteiger partial charge in [0.25, 0.3) is 0 Å². The third kappa shape index (κ3) is 6.28. The molecule has 0 saturated carbocycles. The van der Waals surface area contributed by atoms with Crippen molar-refractivity contribution in [1.29, 1.82) is 0 Å². The third-order valence-electron chi connectivity index (χ3n) is 1.73. The number of methoxy groups -OCH3 is 1. The monoisotopic (exact) mass is 160 g/mol. The highest BCUT2D eigenvalue weighted by molar-refractivity contribution is 4.64. The third-order valence-corrected chi connectivity index (χ3v) is 1.73. The maximum absolute atomic E-state index is 4.25. The summed E-state index contributed by atoms with van der Waals surface area (Å²) in [5.41, 5.74) is 0. The SMILES string of the molecule is CN1CCN(C)CC1.COC. The zero-order chi connectivity index (χ0) is 8.69. The van der Waals surface area contributed by atoms with Gasteiger partial charge in [0.2, 0.25) is 0 Å². The minimum Gasteiger partial charge on any atom is -0.388 e. The molecule has 0 spiro atoms. The van der Waals surface area contributed by atoms with Crippen LogP contribution in [-0.4, -0.2) is 64.3 Å². The van der Waals surface area contributed by atoms with E-state index in [1.54, 1.807) is 14.2 Å². The molecular weight excluding hydrogens is 140 g/mol. The largest absolute Gasteiger partial charge is 0.388 e. The molecule has 0 unspecified atom stereocenters. The lowest BCUT2D eigenvalue weighted by Crippen LogP contribution is -2.42. The molecule has 0 aliphatic carbocycles.